The molecule has 0 aromatic carbocycles. The van der Waals surface area contributed by atoms with Crippen molar-refractivity contribution in [2.24, 2.45) is 5.73 Å². The van der Waals surface area contributed by atoms with Gasteiger partial charge in [0.25, 0.3) is 0 Å². The Kier molecular flexibility index (Phi) is 7.68. The summed E-state index contributed by atoms with van der Waals surface area (Å²) in [7, 11) is -3.48. The zero-order valence-electron chi connectivity index (χ0n) is 14.3. The van der Waals surface area contributed by atoms with E-state index in [1.165, 1.54) is 15.6 Å². The van der Waals surface area contributed by atoms with E-state index in [0.717, 1.165) is 16.2 Å². The van der Waals surface area contributed by atoms with Crippen LogP contribution in [0.2, 0.25) is 0 Å². The normalized spacial score (nSPS) is 17.4. The van der Waals surface area contributed by atoms with Crippen LogP contribution in [0.3, 0.4) is 0 Å². The molecule has 1 unspecified atom stereocenters. The molecule has 0 bridgehead atoms. The van der Waals surface area contributed by atoms with E-state index in [0.29, 0.717) is 37.5 Å². The number of halogens is 1. The summed E-state index contributed by atoms with van der Waals surface area (Å²) >= 11 is 1.49. The van der Waals surface area contributed by atoms with E-state index in [-0.39, 0.29) is 18.3 Å². The summed E-state index contributed by atoms with van der Waals surface area (Å²) in [4.78, 5) is 16.1. The first kappa shape index (κ1) is 21.4. The summed E-state index contributed by atoms with van der Waals surface area (Å²) < 4.78 is 26.9. The van der Waals surface area contributed by atoms with E-state index in [4.69, 9.17) is 5.73 Å². The fourth-order valence-corrected chi connectivity index (χ4v) is 5.77. The minimum atomic E-state index is -3.48. The third-order valence-electron chi connectivity index (χ3n) is 4.08. The minimum absolute atomic E-state index is 0. The van der Waals surface area contributed by atoms with E-state index in [1.54, 1.807) is 11.0 Å². The summed E-state index contributed by atoms with van der Waals surface area (Å²) in [5, 5.41) is 0. The Morgan fingerprint density at radius 1 is 1.29 bits per heavy atom. The van der Waals surface area contributed by atoms with E-state index in [1.807, 2.05) is 20.8 Å². The van der Waals surface area contributed by atoms with Crippen LogP contribution >= 0.6 is 23.7 Å². The van der Waals surface area contributed by atoms with Gasteiger partial charge in [0.05, 0.1) is 10.9 Å². The van der Waals surface area contributed by atoms with Gasteiger partial charge in [-0.2, -0.15) is 4.31 Å². The van der Waals surface area contributed by atoms with Gasteiger partial charge in [0, 0.05) is 35.9 Å². The van der Waals surface area contributed by atoms with Crippen molar-refractivity contribution < 1.29 is 13.2 Å². The number of sulfonamides is 1. The first-order valence-electron chi connectivity index (χ1n) is 7.89. The third-order valence-corrected chi connectivity index (χ3v) is 7.20. The molecule has 1 aromatic heterocycles. The zero-order chi connectivity index (χ0) is 17.2. The largest absolute Gasteiger partial charge is 0.339 e. The van der Waals surface area contributed by atoms with Crippen LogP contribution < -0.4 is 5.73 Å². The predicted molar refractivity (Wildman–Crippen MR) is 99.3 cm³/mol. The number of aryl methyl sites for hydroxylation is 2. The maximum Gasteiger partial charge on any atom is 0.244 e. The molecule has 1 aliphatic rings. The van der Waals surface area contributed by atoms with Crippen LogP contribution in [0.25, 0.3) is 0 Å². The molecule has 1 fully saturated rings. The van der Waals surface area contributed by atoms with Gasteiger partial charge in [0.1, 0.15) is 0 Å². The van der Waals surface area contributed by atoms with Gasteiger partial charge in [-0.05, 0) is 26.3 Å². The zero-order valence-corrected chi connectivity index (χ0v) is 16.8. The van der Waals surface area contributed by atoms with Gasteiger partial charge in [-0.15, -0.1) is 23.7 Å². The SMILES string of the molecule is CCCC(N)C(=O)N1CCN(S(=O)(=O)c2cc(C)sc2C)CC1.Cl. The molecule has 2 N–H and O–H groups in total. The van der Waals surface area contributed by atoms with Crippen LogP contribution in [-0.4, -0.2) is 55.8 Å². The molecule has 0 spiro atoms. The Morgan fingerprint density at radius 3 is 2.33 bits per heavy atom. The summed E-state index contributed by atoms with van der Waals surface area (Å²) in [6.45, 7) is 7.16. The van der Waals surface area contributed by atoms with Gasteiger partial charge in [-0.3, -0.25) is 4.79 Å². The van der Waals surface area contributed by atoms with E-state index >= 15 is 0 Å². The van der Waals surface area contributed by atoms with Crippen molar-refractivity contribution in [3.05, 3.63) is 15.8 Å². The van der Waals surface area contributed by atoms with Crippen molar-refractivity contribution in [3.8, 4) is 0 Å². The molecule has 1 saturated heterocycles. The van der Waals surface area contributed by atoms with Crippen molar-refractivity contribution in [1.29, 1.82) is 0 Å². The molecule has 1 amide bonds. The number of carbonyl (C=O) groups is 1. The van der Waals surface area contributed by atoms with Crippen LogP contribution in [0, 0.1) is 13.8 Å². The topological polar surface area (TPSA) is 83.7 Å². The number of thiophene rings is 1. The third kappa shape index (κ3) is 4.49. The molecule has 0 radical (unpaired) electrons. The first-order chi connectivity index (χ1) is 10.8. The van der Waals surface area contributed by atoms with E-state index in [2.05, 4.69) is 0 Å². The second kappa shape index (κ2) is 8.62. The number of nitrogens with zero attached hydrogens (tertiary/aromatic N) is 2. The number of nitrogens with two attached hydrogens (primary N) is 1. The van der Waals surface area contributed by atoms with Gasteiger partial charge in [-0.25, -0.2) is 8.42 Å². The monoisotopic (exact) mass is 395 g/mol. The van der Waals surface area contributed by atoms with Crippen molar-refractivity contribution in [2.75, 3.05) is 26.2 Å². The number of rotatable bonds is 5. The molecule has 1 aliphatic heterocycles. The van der Waals surface area contributed by atoms with Gasteiger partial charge < -0.3 is 10.6 Å². The van der Waals surface area contributed by atoms with Gasteiger partial charge >= 0.3 is 0 Å². The van der Waals surface area contributed by atoms with Crippen LogP contribution in [0.4, 0.5) is 0 Å². The smallest absolute Gasteiger partial charge is 0.244 e. The highest BCUT2D eigenvalue weighted by Gasteiger charge is 2.32. The fourth-order valence-electron chi connectivity index (χ4n) is 2.82. The molecular weight excluding hydrogens is 370 g/mol. The maximum atomic E-state index is 12.7. The highest BCUT2D eigenvalue weighted by Crippen LogP contribution is 2.28. The highest BCUT2D eigenvalue weighted by atomic mass is 35.5. The Bertz CT molecular complexity index is 668. The van der Waals surface area contributed by atoms with Crippen molar-refractivity contribution in [1.82, 2.24) is 9.21 Å². The van der Waals surface area contributed by atoms with Gasteiger partial charge in [-0.1, -0.05) is 13.3 Å². The molecule has 0 saturated carbocycles. The molecule has 1 aromatic rings. The fraction of sp³-hybridized carbons (Fsp3) is 0.667. The van der Waals surface area contributed by atoms with Crippen molar-refractivity contribution in [2.45, 2.75) is 44.6 Å². The Labute approximate surface area is 154 Å². The molecule has 2 rings (SSSR count). The maximum absolute atomic E-state index is 12.7. The molecule has 0 aliphatic carbocycles. The molecule has 1 atom stereocenters. The lowest BCUT2D eigenvalue weighted by Gasteiger charge is -2.35. The van der Waals surface area contributed by atoms with Gasteiger partial charge in [0.15, 0.2) is 0 Å². The summed E-state index contributed by atoms with van der Waals surface area (Å²) in [5.74, 6) is -0.0774. The van der Waals surface area contributed by atoms with Crippen LogP contribution in [0.1, 0.15) is 29.5 Å². The summed E-state index contributed by atoms with van der Waals surface area (Å²) in [6, 6.07) is 1.24. The molecule has 138 valence electrons. The Hall–Kier alpha value is -0.670. The number of piperazine rings is 1. The molecular formula is C15H26ClN3O3S2. The van der Waals surface area contributed by atoms with Gasteiger partial charge in [0.2, 0.25) is 15.9 Å². The average molecular weight is 396 g/mol. The second-order valence-electron chi connectivity index (χ2n) is 5.90. The van der Waals surface area contributed by atoms with Crippen LogP contribution in [0.5, 0.6) is 0 Å². The number of amides is 1. The minimum Gasteiger partial charge on any atom is -0.339 e. The van der Waals surface area contributed by atoms with Crippen LogP contribution in [-0.2, 0) is 14.8 Å². The molecule has 6 nitrogen and oxygen atoms in total. The lowest BCUT2D eigenvalue weighted by Crippen LogP contribution is -2.54. The van der Waals surface area contributed by atoms with Crippen LogP contribution in [0.15, 0.2) is 11.0 Å². The first-order valence-corrected chi connectivity index (χ1v) is 10.1. The highest BCUT2D eigenvalue weighted by molar-refractivity contribution is 7.89. The summed E-state index contributed by atoms with van der Waals surface area (Å²) in [6.07, 6.45) is 1.52. The Balaban J connectivity index is 0.00000288. The molecule has 9 heteroatoms. The molecule has 2 heterocycles. The second-order valence-corrected chi connectivity index (χ2v) is 9.27. The lowest BCUT2D eigenvalue weighted by molar-refractivity contribution is -0.133. The lowest BCUT2D eigenvalue weighted by atomic mass is 10.1. The number of hydrogen-bond acceptors (Lipinski definition) is 5. The van der Waals surface area contributed by atoms with E-state index < -0.39 is 16.1 Å². The number of carbonyl (C=O) groups excluding carboxylic acids is 1. The average Bonchev–Trinajstić information content (AvgIpc) is 2.86. The quantitative estimate of drug-likeness (QED) is 0.823. The summed E-state index contributed by atoms with van der Waals surface area (Å²) in [5.41, 5.74) is 5.87. The number of hydrogen-bond donors (Lipinski definition) is 1. The van der Waals surface area contributed by atoms with Crippen molar-refractivity contribution >= 4 is 39.7 Å². The molecule has 24 heavy (non-hydrogen) atoms. The van der Waals surface area contributed by atoms with Crippen molar-refractivity contribution in [3.63, 3.8) is 0 Å². The standard InChI is InChI=1S/C15H25N3O3S2.ClH/c1-4-5-13(16)15(19)17-6-8-18(9-7-17)23(20,21)14-10-11(2)22-12(14)3;/h10,13H,4-9,16H2,1-3H3;1H. The predicted octanol–water partition coefficient (Wildman–Crippen LogP) is 1.75. The van der Waals surface area contributed by atoms with E-state index in [9.17, 15) is 13.2 Å². The Morgan fingerprint density at radius 2 is 1.88 bits per heavy atom.